The highest BCUT2D eigenvalue weighted by molar-refractivity contribution is 7.27. The molecule has 0 N–H and O–H groups in total. The molecule has 0 aliphatic heterocycles. The maximum absolute atomic E-state index is 12.5. The van der Waals surface area contributed by atoms with E-state index >= 15 is 0 Å². The lowest BCUT2D eigenvalue weighted by atomic mass is 9.88. The van der Waals surface area contributed by atoms with Crippen molar-refractivity contribution in [2.24, 2.45) is 0 Å². The summed E-state index contributed by atoms with van der Waals surface area (Å²) in [7, 11) is 0. The maximum atomic E-state index is 12.5. The highest BCUT2D eigenvalue weighted by Gasteiger charge is 2.33. The van der Waals surface area contributed by atoms with Gasteiger partial charge in [-0.3, -0.25) is 0 Å². The lowest BCUT2D eigenvalue weighted by Gasteiger charge is -2.26. The van der Waals surface area contributed by atoms with Crippen LogP contribution >= 0.6 is 22.7 Å². The summed E-state index contributed by atoms with van der Waals surface area (Å²) in [5.74, 6) is 0. The first-order valence-electron chi connectivity index (χ1n) is 33.9. The van der Waals surface area contributed by atoms with Crippen molar-refractivity contribution >= 4 is 112 Å². The van der Waals surface area contributed by atoms with Gasteiger partial charge in [0.2, 0.25) is 5.69 Å². The van der Waals surface area contributed by atoms with Crippen LogP contribution in [0.5, 0.6) is 0 Å². The number of hydrogen-bond donors (Lipinski definition) is 0. The molecule has 0 aliphatic carbocycles. The van der Waals surface area contributed by atoms with Crippen molar-refractivity contribution < 1.29 is 37.0 Å². The Hall–Kier alpha value is -8.78. The Morgan fingerprint density at radius 2 is 0.971 bits per heavy atom. The van der Waals surface area contributed by atoms with E-state index in [1.54, 1.807) is 18.2 Å². The van der Waals surface area contributed by atoms with Gasteiger partial charge in [0.15, 0.2) is 0 Å². The van der Waals surface area contributed by atoms with E-state index in [-0.39, 0.29) is 67.9 Å². The smallest absolute Gasteiger partial charge is 0.220 e. The molecule has 4 nitrogen and oxygen atoms in total. The molecule has 0 atom stereocenters. The Morgan fingerprint density at radius 1 is 0.456 bits per heavy atom. The summed E-state index contributed by atoms with van der Waals surface area (Å²) >= 11 is 1.29. The number of benzene rings is 10. The number of thiophene rings is 2. The fraction of sp³-hybridized carbons (Fsp3) is 0. The van der Waals surface area contributed by atoms with E-state index in [4.69, 9.17) is 17.8 Å². The summed E-state index contributed by atoms with van der Waals surface area (Å²) in [6, 6.07) is -9.09. The second-order valence-corrected chi connectivity index (χ2v) is 17.3. The van der Waals surface area contributed by atoms with Gasteiger partial charge >= 0.3 is 0 Å². The average Bonchev–Trinajstić information content (AvgIpc) is 1.54. The number of fused-ring (bicyclic) bond motifs is 14. The molecule has 0 saturated heterocycles. The molecule has 314 valence electrons. The molecule has 0 saturated carbocycles. The third kappa shape index (κ3) is 5.39. The second kappa shape index (κ2) is 14.9. The van der Waals surface area contributed by atoms with Crippen LogP contribution in [-0.2, 0) is 0 Å². The summed E-state index contributed by atoms with van der Waals surface area (Å²) in [5, 5.41) is 11.0. The molecule has 0 amide bonds. The fourth-order valence-corrected chi connectivity index (χ4v) is 11.5. The minimum atomic E-state index is -1.02. The predicted octanol–water partition coefficient (Wildman–Crippen LogP) is 18.0. The van der Waals surface area contributed by atoms with Crippen molar-refractivity contribution in [3.8, 4) is 50.8 Å². The van der Waals surface area contributed by atoms with E-state index in [0.717, 1.165) is 4.57 Å². The van der Waals surface area contributed by atoms with Crippen LogP contribution in [0.25, 0.3) is 134 Å². The number of hydrogen-bond acceptors (Lipinski definition) is 3. The lowest BCUT2D eigenvalue weighted by molar-refractivity contribution is 1.14. The maximum Gasteiger partial charge on any atom is 0.220 e. The van der Waals surface area contributed by atoms with Crippen molar-refractivity contribution in [2.45, 2.75) is 0 Å². The highest BCUT2D eigenvalue weighted by atomic mass is 32.1. The van der Waals surface area contributed by atoms with Crippen LogP contribution in [-0.4, -0.2) is 9.13 Å². The van der Waals surface area contributed by atoms with Gasteiger partial charge in [0.1, 0.15) is 6.07 Å². The molecule has 0 radical (unpaired) electrons. The fourth-order valence-electron chi connectivity index (χ4n) is 9.29. The average molecular weight is 926 g/mol. The molecule has 0 spiro atoms. The van der Waals surface area contributed by atoms with Gasteiger partial charge in [-0.15, -0.1) is 22.7 Å². The number of nitriles is 1. The van der Waals surface area contributed by atoms with Crippen LogP contribution in [0.4, 0.5) is 5.69 Å². The number of aromatic nitrogens is 2. The molecule has 14 rings (SSSR count). The van der Waals surface area contributed by atoms with Crippen molar-refractivity contribution in [2.75, 3.05) is 0 Å². The van der Waals surface area contributed by atoms with E-state index in [2.05, 4.69) is 10.9 Å². The minimum absolute atomic E-state index is 0.0380. The third-order valence-electron chi connectivity index (χ3n) is 11.9. The van der Waals surface area contributed by atoms with Gasteiger partial charge in [-0.25, -0.2) is 4.85 Å². The first-order chi connectivity index (χ1) is 44.9. The van der Waals surface area contributed by atoms with Crippen LogP contribution in [0.1, 0.15) is 42.6 Å². The molecule has 0 bridgehead atoms. The SMILES string of the molecule is [2H]c1c([2H])c([2H])c(-c2ccc3c4ccccc4n(-c4c([N+]#[C-])c(-c5c([2H])c([2H])c([2H])c([2H])c5[2H])c(C#N)c(-n5c6c7sc8c([2H])c([2H])c([2H])c([2H])c8c7c([2H])c([2H])c6c6c([2H])c([2H])c7c(sc8c([2H])c([2H])c([2H])c([2H])c87)c65)c4-c4c([2H])c([2H])c([2H])c([2H])c4[2H])c3c2)c([2H])c1[2H]. The Balaban J connectivity index is 1.41. The molecule has 4 heterocycles. The molecular weight excluding hydrogens is 865 g/mol. The topological polar surface area (TPSA) is 38.0 Å². The second-order valence-electron chi connectivity index (χ2n) is 15.3. The van der Waals surface area contributed by atoms with Gasteiger partial charge < -0.3 is 9.13 Å². The predicted molar refractivity (Wildman–Crippen MR) is 288 cm³/mol. The summed E-state index contributed by atoms with van der Waals surface area (Å²) in [4.78, 5) is 4.06. The van der Waals surface area contributed by atoms with Crippen LogP contribution in [0.15, 0.2) is 206 Å². The molecule has 0 aliphatic rings. The van der Waals surface area contributed by atoms with E-state index in [1.165, 1.54) is 28.8 Å². The monoisotopic (exact) mass is 925 g/mol. The van der Waals surface area contributed by atoms with Gasteiger partial charge in [-0.2, -0.15) is 5.26 Å². The summed E-state index contributed by atoms with van der Waals surface area (Å²) < 4.78 is 252. The molecular formula is C62H34N4S2. The Morgan fingerprint density at radius 3 is 1.56 bits per heavy atom. The van der Waals surface area contributed by atoms with Crippen LogP contribution in [0.3, 0.4) is 0 Å². The van der Waals surface area contributed by atoms with Crippen LogP contribution < -0.4 is 0 Å². The zero-order chi connectivity index (χ0) is 68.5. The number of rotatable bonds is 5. The third-order valence-corrected chi connectivity index (χ3v) is 14.2. The zero-order valence-electron chi connectivity index (χ0n) is 61.1. The van der Waals surface area contributed by atoms with Crippen LogP contribution in [0, 0.1) is 17.9 Å². The molecule has 14 aromatic rings. The molecule has 0 unspecified atom stereocenters. The van der Waals surface area contributed by atoms with Crippen molar-refractivity contribution in [3.05, 3.63) is 223 Å². The Labute approximate surface area is 436 Å². The first kappa shape index (κ1) is 20.4. The number of nitrogens with zero attached hydrogens (tertiary/aromatic N) is 4. The Kier molecular flexibility index (Phi) is 4.46. The highest BCUT2D eigenvalue weighted by Crippen LogP contribution is 2.54. The van der Waals surface area contributed by atoms with E-state index in [0.29, 0.717) is 28.1 Å². The van der Waals surface area contributed by atoms with Gasteiger partial charge in [-0.1, -0.05) is 181 Å². The standard InChI is InChI=1S/C62H34N4S2/c1-64-56-54(38-19-7-3-8-20-38)49(36-63)57(55(39-21-9-4-10-22-39)60(56)65-50-26-14-11-23-41(50)42-30-29-40(35-51(42)65)37-17-5-2-6-18-37)66-58-45(31-33-47-43-24-12-15-27-52(43)67-61(47)58)46-32-34-48-44-25-13-16-28-53(44)68-62(48)59(46)66/h2-35H/i2D,3D,4D,5D,6D,7D,8D,9D,10D,12D,13D,15D,16D,17D,18D,19D,20D,21D,22D,24D,25D,27D,28D,31D,32D,33D,34D. The molecule has 4 aromatic heterocycles. The summed E-state index contributed by atoms with van der Waals surface area (Å²) in [6.07, 6.45) is 0. The molecule has 10 aromatic carbocycles. The minimum Gasteiger partial charge on any atom is -0.318 e. The first-order valence-corrected chi connectivity index (χ1v) is 22.0. The normalized spacial score (nSPS) is 17.4. The lowest BCUT2D eigenvalue weighted by Crippen LogP contribution is -2.09. The molecule has 6 heteroatoms. The van der Waals surface area contributed by atoms with E-state index in [9.17, 15) is 31.0 Å². The van der Waals surface area contributed by atoms with Gasteiger partial charge in [0, 0.05) is 63.6 Å². The van der Waals surface area contributed by atoms with Crippen LogP contribution in [0.2, 0.25) is 0 Å². The van der Waals surface area contributed by atoms with Gasteiger partial charge in [0.05, 0.1) is 92.0 Å². The van der Waals surface area contributed by atoms with Gasteiger partial charge in [-0.05, 0) is 46.5 Å². The Bertz CT molecular complexity index is 5920. The van der Waals surface area contributed by atoms with E-state index in [1.807, 2.05) is 0 Å². The van der Waals surface area contributed by atoms with Crippen molar-refractivity contribution in [1.82, 2.24) is 9.13 Å². The quantitative estimate of drug-likeness (QED) is 0.159. The van der Waals surface area contributed by atoms with Crippen molar-refractivity contribution in [3.63, 3.8) is 0 Å². The molecule has 68 heavy (non-hydrogen) atoms. The van der Waals surface area contributed by atoms with Crippen molar-refractivity contribution in [1.29, 1.82) is 5.26 Å². The summed E-state index contributed by atoms with van der Waals surface area (Å²) in [5.41, 5.74) is -7.26. The van der Waals surface area contributed by atoms with Gasteiger partial charge in [0.25, 0.3) is 0 Å². The number of para-hydroxylation sites is 1. The largest absolute Gasteiger partial charge is 0.318 e. The molecule has 0 fully saturated rings. The summed E-state index contributed by atoms with van der Waals surface area (Å²) in [6.45, 7) is 9.46. The van der Waals surface area contributed by atoms with E-state index < -0.39 is 230 Å². The zero-order valence-corrected chi connectivity index (χ0v) is 35.8.